The van der Waals surface area contributed by atoms with Gasteiger partial charge in [0.15, 0.2) is 5.96 Å². The monoisotopic (exact) mass is 441 g/mol. The highest BCUT2D eigenvalue weighted by molar-refractivity contribution is 7.91. The Labute approximate surface area is 175 Å². The first kappa shape index (κ1) is 21.1. The molecule has 1 fully saturated rings. The molecule has 0 aromatic carbocycles. The Morgan fingerprint density at radius 3 is 2.50 bits per heavy atom. The number of likely N-dealkylation sites (N-methyl/N-ethyl adjacent to an activating group) is 1. The topological polar surface area (TPSA) is 68.2 Å². The van der Waals surface area contributed by atoms with Gasteiger partial charge in [0, 0.05) is 46.3 Å². The van der Waals surface area contributed by atoms with Crippen LogP contribution in [0.2, 0.25) is 0 Å². The van der Waals surface area contributed by atoms with Crippen LogP contribution < -0.4 is 10.2 Å². The van der Waals surface area contributed by atoms with E-state index in [1.807, 2.05) is 6.92 Å². The number of nitrogens with one attached hydrogen (secondary N) is 1. The van der Waals surface area contributed by atoms with Crippen molar-refractivity contribution >= 4 is 43.7 Å². The number of anilines is 1. The van der Waals surface area contributed by atoms with Gasteiger partial charge in [0.05, 0.1) is 11.5 Å². The summed E-state index contributed by atoms with van der Waals surface area (Å²) < 4.78 is 26.8. The zero-order valence-corrected chi connectivity index (χ0v) is 18.7. The molecule has 0 spiro atoms. The smallest absolute Gasteiger partial charge is 0.252 e. The average Bonchev–Trinajstić information content (AvgIpc) is 3.41. The third-order valence-electron chi connectivity index (χ3n) is 4.57. The van der Waals surface area contributed by atoms with Crippen molar-refractivity contribution in [3.63, 3.8) is 0 Å². The van der Waals surface area contributed by atoms with E-state index in [2.05, 4.69) is 37.6 Å². The number of hydrogen-bond donors (Lipinski definition) is 1. The summed E-state index contributed by atoms with van der Waals surface area (Å²) in [5.74, 6) is 0.857. The van der Waals surface area contributed by atoms with Crippen LogP contribution in [0.25, 0.3) is 0 Å². The van der Waals surface area contributed by atoms with Crippen molar-refractivity contribution in [2.24, 2.45) is 4.99 Å². The molecule has 1 saturated heterocycles. The Kier molecular flexibility index (Phi) is 7.33. The molecule has 7 nitrogen and oxygen atoms in total. The lowest BCUT2D eigenvalue weighted by Gasteiger charge is -2.37. The van der Waals surface area contributed by atoms with E-state index >= 15 is 0 Å². The van der Waals surface area contributed by atoms with Gasteiger partial charge in [-0.15, -0.1) is 22.7 Å². The van der Waals surface area contributed by atoms with Gasteiger partial charge in [-0.3, -0.25) is 4.99 Å². The molecule has 10 heteroatoms. The molecular weight excluding hydrogens is 414 g/mol. The van der Waals surface area contributed by atoms with Crippen LogP contribution in [0.1, 0.15) is 6.92 Å². The van der Waals surface area contributed by atoms with E-state index < -0.39 is 10.0 Å². The highest BCUT2D eigenvalue weighted by atomic mass is 32.2. The van der Waals surface area contributed by atoms with Crippen LogP contribution in [0.3, 0.4) is 0 Å². The van der Waals surface area contributed by atoms with E-state index in [9.17, 15) is 8.42 Å². The first-order chi connectivity index (χ1) is 13.5. The average molecular weight is 442 g/mol. The fourth-order valence-electron chi connectivity index (χ4n) is 3.00. The summed E-state index contributed by atoms with van der Waals surface area (Å²) in [7, 11) is -1.81. The molecule has 0 saturated carbocycles. The third-order valence-corrected chi connectivity index (χ3v) is 8.73. The van der Waals surface area contributed by atoms with Gasteiger partial charge in [-0.25, -0.2) is 8.42 Å². The number of guanidine groups is 1. The maximum atomic E-state index is 12.5. The Morgan fingerprint density at radius 2 is 1.89 bits per heavy atom. The summed E-state index contributed by atoms with van der Waals surface area (Å²) in [5.41, 5.74) is 0. The number of piperazine rings is 1. The minimum absolute atomic E-state index is 0.351. The molecule has 0 atom stereocenters. The molecule has 1 aliphatic heterocycles. The molecule has 1 aliphatic rings. The Morgan fingerprint density at radius 1 is 1.18 bits per heavy atom. The number of nitrogens with zero attached hydrogens (tertiary/aromatic N) is 4. The molecule has 2 aromatic heterocycles. The normalized spacial score (nSPS) is 16.0. The minimum Gasteiger partial charge on any atom is -0.360 e. The van der Waals surface area contributed by atoms with Crippen LogP contribution in [0.15, 0.2) is 44.2 Å². The molecule has 0 amide bonds. The van der Waals surface area contributed by atoms with Gasteiger partial charge in [-0.2, -0.15) is 4.31 Å². The van der Waals surface area contributed by atoms with Gasteiger partial charge in [-0.05, 0) is 35.9 Å². The van der Waals surface area contributed by atoms with Crippen molar-refractivity contribution in [3.8, 4) is 0 Å². The zero-order chi connectivity index (χ0) is 20.0. The van der Waals surface area contributed by atoms with Crippen LogP contribution in [0.5, 0.6) is 0 Å². The summed E-state index contributed by atoms with van der Waals surface area (Å²) in [5, 5.41) is 8.52. The molecular formula is C18H27N5O2S3. The molecule has 3 heterocycles. The third kappa shape index (κ3) is 5.05. The van der Waals surface area contributed by atoms with E-state index in [4.69, 9.17) is 0 Å². The summed E-state index contributed by atoms with van der Waals surface area (Å²) in [6.45, 7) is 7.31. The largest absolute Gasteiger partial charge is 0.360 e. The standard InChI is InChI=1S/C18H27N5O2S3/c1-3-19-18(23-12-10-22(11-13-23)16-6-4-14-26-16)20-8-9-21(2)28(24,25)17-7-5-15-27-17/h4-7,14-15H,3,8-13H2,1-2H3,(H,19,20). The Balaban J connectivity index is 1.56. The lowest BCUT2D eigenvalue weighted by molar-refractivity contribution is 0.372. The maximum absolute atomic E-state index is 12.5. The fraction of sp³-hybridized carbons (Fsp3) is 0.500. The maximum Gasteiger partial charge on any atom is 0.252 e. The first-order valence-corrected chi connectivity index (χ1v) is 12.5. The van der Waals surface area contributed by atoms with Crippen LogP contribution in [0, 0.1) is 0 Å². The predicted octanol–water partition coefficient (Wildman–Crippen LogP) is 2.22. The van der Waals surface area contributed by atoms with Crippen molar-refractivity contribution in [2.45, 2.75) is 11.1 Å². The lowest BCUT2D eigenvalue weighted by Crippen LogP contribution is -2.52. The summed E-state index contributed by atoms with van der Waals surface area (Å²) in [6, 6.07) is 7.63. The van der Waals surface area contributed by atoms with Gasteiger partial charge in [0.1, 0.15) is 4.21 Å². The Hall–Kier alpha value is -1.62. The van der Waals surface area contributed by atoms with Crippen molar-refractivity contribution in [3.05, 3.63) is 35.0 Å². The second kappa shape index (κ2) is 9.73. The van der Waals surface area contributed by atoms with Crippen LogP contribution in [-0.4, -0.2) is 76.4 Å². The molecule has 3 rings (SSSR count). The fourth-order valence-corrected chi connectivity index (χ4v) is 6.14. The summed E-state index contributed by atoms with van der Waals surface area (Å²) in [6.07, 6.45) is 0. The summed E-state index contributed by atoms with van der Waals surface area (Å²) in [4.78, 5) is 9.32. The minimum atomic E-state index is -3.42. The molecule has 154 valence electrons. The van der Waals surface area contributed by atoms with Gasteiger partial charge in [0.25, 0.3) is 10.0 Å². The molecule has 2 aromatic rings. The number of sulfonamides is 1. The molecule has 0 radical (unpaired) electrons. The molecule has 0 aliphatic carbocycles. The van der Waals surface area contributed by atoms with E-state index in [1.165, 1.54) is 20.6 Å². The molecule has 0 unspecified atom stereocenters. The van der Waals surface area contributed by atoms with E-state index in [0.29, 0.717) is 17.3 Å². The summed E-state index contributed by atoms with van der Waals surface area (Å²) >= 11 is 3.01. The van der Waals surface area contributed by atoms with Crippen molar-refractivity contribution in [1.82, 2.24) is 14.5 Å². The SMILES string of the molecule is CCNC(=NCCN(C)S(=O)(=O)c1cccs1)N1CCN(c2cccs2)CC1. The number of hydrogen-bond acceptors (Lipinski definition) is 6. The van der Waals surface area contributed by atoms with Crippen molar-refractivity contribution in [2.75, 3.05) is 57.8 Å². The van der Waals surface area contributed by atoms with Crippen LogP contribution >= 0.6 is 22.7 Å². The van der Waals surface area contributed by atoms with Crippen molar-refractivity contribution in [1.29, 1.82) is 0 Å². The van der Waals surface area contributed by atoms with Gasteiger partial charge < -0.3 is 15.1 Å². The van der Waals surface area contributed by atoms with Gasteiger partial charge in [-0.1, -0.05) is 6.07 Å². The van der Waals surface area contributed by atoms with Crippen molar-refractivity contribution < 1.29 is 8.42 Å². The first-order valence-electron chi connectivity index (χ1n) is 9.34. The second-order valence-corrected chi connectivity index (χ2v) is 10.6. The lowest BCUT2D eigenvalue weighted by atomic mass is 10.3. The predicted molar refractivity (Wildman–Crippen MR) is 118 cm³/mol. The quantitative estimate of drug-likeness (QED) is 0.527. The number of thiophene rings is 2. The van der Waals surface area contributed by atoms with Crippen LogP contribution in [0.4, 0.5) is 5.00 Å². The zero-order valence-electron chi connectivity index (χ0n) is 16.2. The second-order valence-electron chi connectivity index (χ2n) is 6.42. The molecule has 28 heavy (non-hydrogen) atoms. The molecule has 1 N–H and O–H groups in total. The highest BCUT2D eigenvalue weighted by Gasteiger charge is 2.22. The Bertz CT molecular complexity index is 842. The van der Waals surface area contributed by atoms with E-state index in [0.717, 1.165) is 38.7 Å². The molecule has 0 bridgehead atoms. The van der Waals surface area contributed by atoms with Crippen LogP contribution in [-0.2, 0) is 10.0 Å². The van der Waals surface area contributed by atoms with Gasteiger partial charge in [0.2, 0.25) is 0 Å². The number of rotatable bonds is 7. The van der Waals surface area contributed by atoms with Gasteiger partial charge >= 0.3 is 0 Å². The van der Waals surface area contributed by atoms with E-state index in [1.54, 1.807) is 35.9 Å². The highest BCUT2D eigenvalue weighted by Crippen LogP contribution is 2.22. The van der Waals surface area contributed by atoms with E-state index in [-0.39, 0.29) is 0 Å². The number of aliphatic imine (C=N–C) groups is 1.